The van der Waals surface area contributed by atoms with Crippen molar-refractivity contribution in [3.8, 4) is 0 Å². The van der Waals surface area contributed by atoms with Gasteiger partial charge in [0.1, 0.15) is 5.82 Å². The molecular formula is C13H18ClF. The summed E-state index contributed by atoms with van der Waals surface area (Å²) in [5, 5.41) is 0. The molecule has 0 amide bonds. The number of hydrogen-bond donors (Lipinski definition) is 0. The molecule has 1 rings (SSSR count). The molecule has 0 spiro atoms. The lowest BCUT2D eigenvalue weighted by atomic mass is 9.89. The Balaban J connectivity index is 2.82. The van der Waals surface area contributed by atoms with Gasteiger partial charge >= 0.3 is 0 Å². The second-order valence-corrected chi connectivity index (χ2v) is 4.74. The minimum Gasteiger partial charge on any atom is -0.207 e. The molecule has 0 N–H and O–H groups in total. The fraction of sp³-hybridized carbons (Fsp3) is 0.538. The van der Waals surface area contributed by atoms with E-state index in [0.29, 0.717) is 17.7 Å². The highest BCUT2D eigenvalue weighted by molar-refractivity contribution is 6.18. The molecule has 0 aliphatic carbocycles. The third kappa shape index (κ3) is 3.49. The van der Waals surface area contributed by atoms with Crippen molar-refractivity contribution in [2.45, 2.75) is 27.2 Å². The molecule has 15 heavy (non-hydrogen) atoms. The Kier molecular flexibility index (Phi) is 4.59. The normalized spacial score (nSPS) is 13.2. The number of alkyl halides is 1. The molecule has 0 aliphatic rings. The Morgan fingerprint density at radius 2 is 2.00 bits per heavy atom. The Bertz CT molecular complexity index is 320. The first-order chi connectivity index (χ1) is 7.04. The van der Waals surface area contributed by atoms with Crippen LogP contribution in [0.25, 0.3) is 0 Å². The van der Waals surface area contributed by atoms with Crippen molar-refractivity contribution in [3.63, 3.8) is 0 Å². The van der Waals surface area contributed by atoms with E-state index in [0.717, 1.165) is 17.5 Å². The zero-order chi connectivity index (χ0) is 11.4. The van der Waals surface area contributed by atoms with Crippen LogP contribution >= 0.6 is 11.6 Å². The molecule has 0 aliphatic heterocycles. The van der Waals surface area contributed by atoms with Gasteiger partial charge in [-0.2, -0.15) is 0 Å². The van der Waals surface area contributed by atoms with Crippen LogP contribution in [0.1, 0.15) is 25.0 Å². The highest BCUT2D eigenvalue weighted by Crippen LogP contribution is 2.21. The Labute approximate surface area is 96.5 Å². The van der Waals surface area contributed by atoms with Crippen LogP contribution in [0, 0.1) is 24.6 Å². The Hall–Kier alpha value is -0.560. The number of benzene rings is 1. The molecule has 84 valence electrons. The van der Waals surface area contributed by atoms with Crippen LogP contribution in [0.2, 0.25) is 0 Å². The van der Waals surface area contributed by atoms with Crippen LogP contribution in [-0.2, 0) is 6.42 Å². The van der Waals surface area contributed by atoms with Crippen molar-refractivity contribution in [2.24, 2.45) is 11.8 Å². The van der Waals surface area contributed by atoms with Gasteiger partial charge in [0.25, 0.3) is 0 Å². The van der Waals surface area contributed by atoms with Gasteiger partial charge in [-0.25, -0.2) is 4.39 Å². The van der Waals surface area contributed by atoms with Crippen molar-refractivity contribution in [2.75, 3.05) is 5.88 Å². The molecule has 1 unspecified atom stereocenters. The average molecular weight is 229 g/mol. The monoisotopic (exact) mass is 228 g/mol. The number of hydrogen-bond acceptors (Lipinski definition) is 0. The summed E-state index contributed by atoms with van der Waals surface area (Å²) in [6.45, 7) is 6.32. The minimum atomic E-state index is -0.160. The van der Waals surface area contributed by atoms with Crippen LogP contribution in [0.3, 0.4) is 0 Å². The molecule has 2 heteroatoms. The largest absolute Gasteiger partial charge is 0.207 e. The molecule has 0 saturated heterocycles. The third-order valence-corrected chi connectivity index (χ3v) is 3.33. The second kappa shape index (κ2) is 5.50. The summed E-state index contributed by atoms with van der Waals surface area (Å²) in [4.78, 5) is 0. The van der Waals surface area contributed by atoms with E-state index in [4.69, 9.17) is 11.6 Å². The summed E-state index contributed by atoms with van der Waals surface area (Å²) in [6, 6.07) is 4.96. The van der Waals surface area contributed by atoms with Gasteiger partial charge < -0.3 is 0 Å². The average Bonchev–Trinajstić information content (AvgIpc) is 2.18. The van der Waals surface area contributed by atoms with Crippen molar-refractivity contribution >= 4 is 11.6 Å². The van der Waals surface area contributed by atoms with Gasteiger partial charge in [0.05, 0.1) is 0 Å². The topological polar surface area (TPSA) is 0 Å². The van der Waals surface area contributed by atoms with E-state index >= 15 is 0 Å². The third-order valence-electron chi connectivity index (χ3n) is 2.93. The van der Waals surface area contributed by atoms with Gasteiger partial charge in [0, 0.05) is 5.88 Å². The fourth-order valence-electron chi connectivity index (χ4n) is 1.61. The summed E-state index contributed by atoms with van der Waals surface area (Å²) >= 11 is 5.91. The maximum Gasteiger partial charge on any atom is 0.123 e. The summed E-state index contributed by atoms with van der Waals surface area (Å²) in [5.41, 5.74) is 2.22. The van der Waals surface area contributed by atoms with Gasteiger partial charge in [-0.1, -0.05) is 19.9 Å². The SMILES string of the molecule is Cc1ccc(F)cc1CC(CCl)C(C)C. The molecule has 0 radical (unpaired) electrons. The van der Waals surface area contributed by atoms with Crippen molar-refractivity contribution in [1.29, 1.82) is 0 Å². The van der Waals surface area contributed by atoms with Crippen molar-refractivity contribution in [1.82, 2.24) is 0 Å². The maximum absolute atomic E-state index is 13.1. The first-order valence-electron chi connectivity index (χ1n) is 5.35. The van der Waals surface area contributed by atoms with E-state index in [1.807, 2.05) is 13.0 Å². The van der Waals surface area contributed by atoms with Crippen LogP contribution in [0.15, 0.2) is 18.2 Å². The van der Waals surface area contributed by atoms with Crippen molar-refractivity contribution < 1.29 is 4.39 Å². The van der Waals surface area contributed by atoms with Gasteiger partial charge in [0.15, 0.2) is 0 Å². The number of aryl methyl sites for hydroxylation is 1. The zero-order valence-corrected chi connectivity index (χ0v) is 10.3. The lowest BCUT2D eigenvalue weighted by Crippen LogP contribution is -2.14. The van der Waals surface area contributed by atoms with Gasteiger partial charge in [-0.3, -0.25) is 0 Å². The Morgan fingerprint density at radius 3 is 2.53 bits per heavy atom. The minimum absolute atomic E-state index is 0.160. The highest BCUT2D eigenvalue weighted by Gasteiger charge is 2.14. The lowest BCUT2D eigenvalue weighted by molar-refractivity contribution is 0.421. The molecule has 0 nitrogen and oxygen atoms in total. The summed E-state index contributed by atoms with van der Waals surface area (Å²) in [7, 11) is 0. The summed E-state index contributed by atoms with van der Waals surface area (Å²) in [5.74, 6) is 1.43. The van der Waals surface area contributed by atoms with Gasteiger partial charge in [0.2, 0.25) is 0 Å². The van der Waals surface area contributed by atoms with E-state index in [1.165, 1.54) is 6.07 Å². The predicted molar refractivity (Wildman–Crippen MR) is 63.9 cm³/mol. The van der Waals surface area contributed by atoms with E-state index in [9.17, 15) is 4.39 Å². The molecule has 0 bridgehead atoms. The van der Waals surface area contributed by atoms with Crippen LogP contribution < -0.4 is 0 Å². The molecule has 1 aromatic carbocycles. The lowest BCUT2D eigenvalue weighted by Gasteiger charge is -2.19. The van der Waals surface area contributed by atoms with E-state index in [1.54, 1.807) is 6.07 Å². The first-order valence-corrected chi connectivity index (χ1v) is 5.89. The van der Waals surface area contributed by atoms with E-state index in [-0.39, 0.29) is 5.82 Å². The maximum atomic E-state index is 13.1. The number of rotatable bonds is 4. The van der Waals surface area contributed by atoms with Crippen molar-refractivity contribution in [3.05, 3.63) is 35.1 Å². The zero-order valence-electron chi connectivity index (χ0n) is 9.56. The molecule has 1 atom stereocenters. The molecule has 0 heterocycles. The molecule has 0 saturated carbocycles. The standard InChI is InChI=1S/C13H18ClF/c1-9(2)12(8-14)6-11-7-13(15)5-4-10(11)3/h4-5,7,9,12H,6,8H2,1-3H3. The van der Waals surface area contributed by atoms with Crippen LogP contribution in [-0.4, -0.2) is 5.88 Å². The number of halogens is 2. The molecular weight excluding hydrogens is 211 g/mol. The Morgan fingerprint density at radius 1 is 1.33 bits per heavy atom. The molecule has 0 aromatic heterocycles. The van der Waals surface area contributed by atoms with Crippen LogP contribution in [0.5, 0.6) is 0 Å². The molecule has 0 fully saturated rings. The quantitative estimate of drug-likeness (QED) is 0.678. The smallest absolute Gasteiger partial charge is 0.123 e. The van der Waals surface area contributed by atoms with Crippen LogP contribution in [0.4, 0.5) is 4.39 Å². The van der Waals surface area contributed by atoms with E-state index < -0.39 is 0 Å². The fourth-order valence-corrected chi connectivity index (χ4v) is 2.08. The molecule has 1 aromatic rings. The van der Waals surface area contributed by atoms with Gasteiger partial charge in [-0.15, -0.1) is 11.6 Å². The summed E-state index contributed by atoms with van der Waals surface area (Å²) < 4.78 is 13.1. The first kappa shape index (κ1) is 12.5. The van der Waals surface area contributed by atoms with Gasteiger partial charge in [-0.05, 0) is 48.4 Å². The second-order valence-electron chi connectivity index (χ2n) is 4.43. The highest BCUT2D eigenvalue weighted by atomic mass is 35.5. The summed E-state index contributed by atoms with van der Waals surface area (Å²) in [6.07, 6.45) is 0.866. The predicted octanol–water partition coefficient (Wildman–Crippen LogP) is 4.19. The van der Waals surface area contributed by atoms with E-state index in [2.05, 4.69) is 13.8 Å².